The molecule has 9 aromatic rings. The summed E-state index contributed by atoms with van der Waals surface area (Å²) < 4.78 is 0. The normalized spacial score (nSPS) is 16.1. The lowest BCUT2D eigenvalue weighted by atomic mass is 9.82. The van der Waals surface area contributed by atoms with Gasteiger partial charge in [0.25, 0.3) is 0 Å². The molecule has 1 atom stereocenters. The third-order valence-corrected chi connectivity index (χ3v) is 13.9. The van der Waals surface area contributed by atoms with Crippen molar-refractivity contribution in [3.8, 4) is 55.6 Å². The van der Waals surface area contributed by atoms with Gasteiger partial charge in [-0.1, -0.05) is 155 Å². The Labute approximate surface area is 358 Å². The minimum atomic E-state index is -0.228. The second-order valence-corrected chi connectivity index (χ2v) is 18.1. The van der Waals surface area contributed by atoms with Crippen LogP contribution in [0.3, 0.4) is 0 Å². The summed E-state index contributed by atoms with van der Waals surface area (Å²) in [4.78, 5) is 7.50. The van der Waals surface area contributed by atoms with Crippen molar-refractivity contribution in [1.29, 1.82) is 0 Å². The van der Waals surface area contributed by atoms with Crippen LogP contribution in [0, 0.1) is 0 Å². The van der Waals surface area contributed by atoms with Crippen LogP contribution < -0.4 is 10.2 Å². The van der Waals surface area contributed by atoms with Gasteiger partial charge in [0, 0.05) is 28.3 Å². The fourth-order valence-electron chi connectivity index (χ4n) is 10.7. The number of hydrogen-bond donors (Lipinski definition) is 1. The molecule has 1 unspecified atom stereocenters. The first-order chi connectivity index (χ1) is 29.7. The van der Waals surface area contributed by atoms with E-state index < -0.39 is 0 Å². The fraction of sp³-hybridized carbons (Fsp3) is 0.121. The summed E-state index contributed by atoms with van der Waals surface area (Å²) in [6, 6.07) is 67.5. The summed E-state index contributed by atoms with van der Waals surface area (Å²) >= 11 is 0. The Kier molecular flexibility index (Phi) is 7.68. The van der Waals surface area contributed by atoms with Gasteiger partial charge in [-0.05, 0) is 143 Å². The molecule has 8 aromatic carbocycles. The molecular formula is C58H45N3. The van der Waals surface area contributed by atoms with E-state index in [0.29, 0.717) is 0 Å². The van der Waals surface area contributed by atoms with Gasteiger partial charge < -0.3 is 5.32 Å². The molecular weight excluding hydrogens is 739 g/mol. The lowest BCUT2D eigenvalue weighted by Gasteiger charge is -2.27. The maximum Gasteiger partial charge on any atom is 0.159 e. The van der Waals surface area contributed by atoms with Crippen LogP contribution >= 0.6 is 0 Å². The molecule has 1 N–H and O–H groups in total. The van der Waals surface area contributed by atoms with Crippen LogP contribution in [0.4, 0.5) is 17.2 Å². The maximum atomic E-state index is 5.11. The van der Waals surface area contributed by atoms with Crippen molar-refractivity contribution < 1.29 is 0 Å². The first-order valence-corrected chi connectivity index (χ1v) is 21.5. The van der Waals surface area contributed by atoms with Gasteiger partial charge in [-0.15, -0.1) is 0 Å². The molecule has 0 saturated carbocycles. The number of rotatable bonds is 5. The Hall–Kier alpha value is -7.23. The van der Waals surface area contributed by atoms with E-state index in [1.807, 2.05) is 6.20 Å². The number of pyridine rings is 1. The molecule has 3 heteroatoms. The standard InChI is InChI=1S/C58H45N3/c1-57(2)50-20-12-10-18-46(50)48-34-38(24-26-52(48)57)41-31-42(39-25-27-53-49(35-39)47-19-11-13-21-51(47)58(53,3)4)33-43(32-41)55-60-54-45(40-23-22-36-14-8-9-15-37(36)30-40)28-29-59-56(54)61(55)44-16-6-5-7-17-44/h5-35,55,60H,1-4H3. The van der Waals surface area contributed by atoms with Gasteiger partial charge in [-0.2, -0.15) is 0 Å². The number of aromatic nitrogens is 1. The van der Waals surface area contributed by atoms with Crippen LogP contribution in [-0.4, -0.2) is 4.98 Å². The van der Waals surface area contributed by atoms with Crippen molar-refractivity contribution in [2.24, 2.45) is 0 Å². The Bertz CT molecular complexity index is 3120. The van der Waals surface area contributed by atoms with E-state index in [4.69, 9.17) is 4.98 Å². The van der Waals surface area contributed by atoms with Gasteiger partial charge in [0.1, 0.15) is 6.17 Å². The Morgan fingerprint density at radius 1 is 0.426 bits per heavy atom. The number of nitrogens with one attached hydrogen (secondary N) is 1. The molecule has 2 aliphatic carbocycles. The van der Waals surface area contributed by atoms with E-state index >= 15 is 0 Å². The van der Waals surface area contributed by atoms with E-state index in [1.54, 1.807) is 0 Å². The number of hydrogen-bond acceptors (Lipinski definition) is 3. The molecule has 0 radical (unpaired) electrons. The topological polar surface area (TPSA) is 28.2 Å². The summed E-state index contributed by atoms with van der Waals surface area (Å²) in [5, 5.41) is 6.52. The Morgan fingerprint density at radius 2 is 0.967 bits per heavy atom. The highest BCUT2D eigenvalue weighted by Crippen LogP contribution is 2.53. The highest BCUT2D eigenvalue weighted by Gasteiger charge is 2.38. The predicted octanol–water partition coefficient (Wildman–Crippen LogP) is 15.1. The van der Waals surface area contributed by atoms with Crippen molar-refractivity contribution >= 4 is 28.0 Å². The van der Waals surface area contributed by atoms with Gasteiger partial charge in [-0.25, -0.2) is 4.98 Å². The number of nitrogens with zero attached hydrogens (tertiary/aromatic N) is 2. The van der Waals surface area contributed by atoms with Crippen molar-refractivity contribution in [1.82, 2.24) is 4.98 Å². The molecule has 292 valence electrons. The zero-order chi connectivity index (χ0) is 41.0. The van der Waals surface area contributed by atoms with Crippen LogP contribution in [0.25, 0.3) is 66.4 Å². The van der Waals surface area contributed by atoms with Crippen LogP contribution in [0.2, 0.25) is 0 Å². The van der Waals surface area contributed by atoms with Crippen molar-refractivity contribution in [3.63, 3.8) is 0 Å². The zero-order valence-electron chi connectivity index (χ0n) is 34.9. The van der Waals surface area contributed by atoms with Gasteiger partial charge >= 0.3 is 0 Å². The third-order valence-electron chi connectivity index (χ3n) is 13.9. The third kappa shape index (κ3) is 5.40. The SMILES string of the molecule is CC1(C)c2ccccc2-c2cc(-c3cc(-c4ccc5c(c4)-c4ccccc4C5(C)C)cc(C4Nc5c(-c6ccc7ccccc7c6)ccnc5N4c4ccccc4)c3)ccc21. The molecule has 12 rings (SSSR count). The van der Waals surface area contributed by atoms with Crippen molar-refractivity contribution in [3.05, 3.63) is 216 Å². The summed E-state index contributed by atoms with van der Waals surface area (Å²) in [5.74, 6) is 0.918. The number of fused-ring (bicyclic) bond motifs is 8. The quantitative estimate of drug-likeness (QED) is 0.188. The average Bonchev–Trinajstić information content (AvgIpc) is 3.89. The van der Waals surface area contributed by atoms with E-state index in [1.165, 1.54) is 83.1 Å². The van der Waals surface area contributed by atoms with Crippen LogP contribution in [-0.2, 0) is 10.8 Å². The highest BCUT2D eigenvalue weighted by molar-refractivity contribution is 5.96. The van der Waals surface area contributed by atoms with Crippen LogP contribution in [0.15, 0.2) is 188 Å². The molecule has 61 heavy (non-hydrogen) atoms. The summed E-state index contributed by atoms with van der Waals surface area (Å²) in [7, 11) is 0. The predicted molar refractivity (Wildman–Crippen MR) is 255 cm³/mol. The first-order valence-electron chi connectivity index (χ1n) is 21.5. The second kappa shape index (κ2) is 13.1. The second-order valence-electron chi connectivity index (χ2n) is 18.1. The minimum Gasteiger partial charge on any atom is -0.358 e. The highest BCUT2D eigenvalue weighted by atomic mass is 15.4. The molecule has 0 bridgehead atoms. The largest absolute Gasteiger partial charge is 0.358 e. The lowest BCUT2D eigenvalue weighted by molar-refractivity contribution is 0.660. The summed E-state index contributed by atoms with van der Waals surface area (Å²) in [5.41, 5.74) is 21.1. The summed E-state index contributed by atoms with van der Waals surface area (Å²) in [6.07, 6.45) is 1.73. The molecule has 0 saturated heterocycles. The van der Waals surface area contributed by atoms with E-state index in [-0.39, 0.29) is 17.0 Å². The number of anilines is 3. The van der Waals surface area contributed by atoms with Crippen molar-refractivity contribution in [2.45, 2.75) is 44.7 Å². The molecule has 0 fully saturated rings. The molecule has 0 spiro atoms. The number of benzene rings is 8. The average molecular weight is 784 g/mol. The van der Waals surface area contributed by atoms with Gasteiger partial charge in [0.05, 0.1) is 5.69 Å². The molecule has 1 aromatic heterocycles. The molecule has 3 nitrogen and oxygen atoms in total. The van der Waals surface area contributed by atoms with Gasteiger partial charge in [0.15, 0.2) is 5.82 Å². The van der Waals surface area contributed by atoms with Crippen LogP contribution in [0.5, 0.6) is 0 Å². The zero-order valence-corrected chi connectivity index (χ0v) is 34.9. The lowest BCUT2D eigenvalue weighted by Crippen LogP contribution is -2.24. The molecule has 0 amide bonds. The van der Waals surface area contributed by atoms with Crippen LogP contribution in [0.1, 0.15) is 61.7 Å². The number of para-hydroxylation sites is 1. The maximum absolute atomic E-state index is 5.11. The van der Waals surface area contributed by atoms with E-state index in [9.17, 15) is 0 Å². The van der Waals surface area contributed by atoms with Gasteiger partial charge in [0.2, 0.25) is 0 Å². The molecule has 3 aliphatic rings. The Morgan fingerprint density at radius 3 is 1.61 bits per heavy atom. The van der Waals surface area contributed by atoms with Crippen molar-refractivity contribution in [2.75, 3.05) is 10.2 Å². The summed E-state index contributed by atoms with van der Waals surface area (Å²) in [6.45, 7) is 9.41. The fourth-order valence-corrected chi connectivity index (χ4v) is 10.7. The monoisotopic (exact) mass is 783 g/mol. The molecule has 2 heterocycles. The van der Waals surface area contributed by atoms with Gasteiger partial charge in [-0.3, -0.25) is 4.90 Å². The Balaban J connectivity index is 1.06. The minimum absolute atomic E-state index is 0.0581. The smallest absolute Gasteiger partial charge is 0.159 e. The molecule has 1 aliphatic heterocycles. The first kappa shape index (κ1) is 35.7. The van der Waals surface area contributed by atoms with E-state index in [0.717, 1.165) is 28.3 Å². The van der Waals surface area contributed by atoms with E-state index in [2.05, 4.69) is 220 Å².